The van der Waals surface area contributed by atoms with Gasteiger partial charge in [-0.25, -0.2) is 9.18 Å². The molecule has 0 aromatic heterocycles. The fourth-order valence-corrected chi connectivity index (χ4v) is 4.92. The van der Waals surface area contributed by atoms with Crippen LogP contribution in [0.5, 0.6) is 0 Å². The van der Waals surface area contributed by atoms with Gasteiger partial charge >= 0.3 is 14.6 Å². The highest BCUT2D eigenvalue weighted by Gasteiger charge is 2.38. The highest BCUT2D eigenvalue weighted by molar-refractivity contribution is 7.41. The molecule has 5 atom stereocenters. The molecule has 1 aromatic carbocycles. The van der Waals surface area contributed by atoms with Crippen LogP contribution in [-0.2, 0) is 23.1 Å². The molecule has 1 aromatic rings. The van der Waals surface area contributed by atoms with Gasteiger partial charge in [-0.3, -0.25) is 9.69 Å². The van der Waals surface area contributed by atoms with Gasteiger partial charge in [0.1, 0.15) is 18.3 Å². The molecule has 5 unspecified atom stereocenters. The van der Waals surface area contributed by atoms with E-state index in [0.717, 1.165) is 0 Å². The maximum Gasteiger partial charge on any atom is 0.333 e. The second-order valence-electron chi connectivity index (χ2n) is 7.24. The van der Waals surface area contributed by atoms with Crippen LogP contribution in [0.4, 0.5) is 9.18 Å². The van der Waals surface area contributed by atoms with Crippen molar-refractivity contribution in [1.29, 1.82) is 0 Å². The summed E-state index contributed by atoms with van der Waals surface area (Å²) >= 11 is 5.94. The van der Waals surface area contributed by atoms with Crippen LogP contribution >= 0.6 is 20.2 Å². The van der Waals surface area contributed by atoms with Crippen LogP contribution in [0, 0.1) is 11.7 Å². The van der Waals surface area contributed by atoms with Crippen molar-refractivity contribution in [3.63, 3.8) is 0 Å². The monoisotopic (exact) mass is 474 g/mol. The Bertz CT molecular complexity index is 796. The van der Waals surface area contributed by atoms with Crippen molar-refractivity contribution in [2.24, 2.45) is 5.92 Å². The van der Waals surface area contributed by atoms with Gasteiger partial charge in [-0.2, -0.15) is 0 Å². The van der Waals surface area contributed by atoms with Gasteiger partial charge in [-0.05, 0) is 36.3 Å². The second-order valence-corrected chi connectivity index (χ2v) is 8.85. The number of ether oxygens (including phenoxy) is 1. The van der Waals surface area contributed by atoms with Gasteiger partial charge in [0.05, 0.1) is 25.4 Å². The molecule has 0 radical (unpaired) electrons. The lowest BCUT2D eigenvalue weighted by Crippen LogP contribution is -2.44. The molecular formula is C20H25ClFN2O6P. The van der Waals surface area contributed by atoms with Crippen LogP contribution in [0.3, 0.4) is 0 Å². The van der Waals surface area contributed by atoms with Crippen molar-refractivity contribution in [2.75, 3.05) is 20.3 Å². The van der Waals surface area contributed by atoms with Crippen LogP contribution in [-0.4, -0.2) is 49.8 Å². The van der Waals surface area contributed by atoms with E-state index in [1.54, 1.807) is 6.07 Å². The van der Waals surface area contributed by atoms with Crippen LogP contribution in [0.25, 0.3) is 0 Å². The van der Waals surface area contributed by atoms with Gasteiger partial charge in [0.15, 0.2) is 0 Å². The van der Waals surface area contributed by atoms with Gasteiger partial charge in [-0.1, -0.05) is 18.5 Å². The summed E-state index contributed by atoms with van der Waals surface area (Å²) in [6, 6.07) is 3.92. The Morgan fingerprint density at radius 1 is 1.45 bits per heavy atom. The average Bonchev–Trinajstić information content (AvgIpc) is 3.12. The normalized spacial score (nSPS) is 28.6. The van der Waals surface area contributed by atoms with Gasteiger partial charge in [0.2, 0.25) is 0 Å². The van der Waals surface area contributed by atoms with Gasteiger partial charge in [0.25, 0.3) is 0 Å². The smallest absolute Gasteiger partial charge is 0.333 e. The number of carbonyl (C=O) groups is 2. The van der Waals surface area contributed by atoms with E-state index in [-0.39, 0.29) is 30.8 Å². The zero-order valence-corrected chi connectivity index (χ0v) is 18.9. The van der Waals surface area contributed by atoms with E-state index in [1.165, 1.54) is 36.4 Å². The third-order valence-corrected chi connectivity index (χ3v) is 6.31. The molecule has 2 saturated heterocycles. The van der Waals surface area contributed by atoms with Crippen molar-refractivity contribution in [3.8, 4) is 0 Å². The molecule has 11 heteroatoms. The van der Waals surface area contributed by atoms with Crippen molar-refractivity contribution >= 4 is 32.5 Å². The molecule has 2 aliphatic heterocycles. The van der Waals surface area contributed by atoms with E-state index in [9.17, 15) is 14.0 Å². The maximum atomic E-state index is 13.7. The average molecular weight is 475 g/mol. The number of amides is 2. The van der Waals surface area contributed by atoms with Crippen molar-refractivity contribution in [1.82, 2.24) is 10.2 Å². The zero-order valence-electron chi connectivity index (χ0n) is 17.2. The van der Waals surface area contributed by atoms with E-state index in [0.29, 0.717) is 36.3 Å². The lowest BCUT2D eigenvalue weighted by atomic mass is 10.1. The Morgan fingerprint density at radius 2 is 2.26 bits per heavy atom. The molecule has 2 fully saturated rings. The summed E-state index contributed by atoms with van der Waals surface area (Å²) in [5.74, 6) is -0.406. The highest BCUT2D eigenvalue weighted by Crippen LogP contribution is 2.50. The van der Waals surface area contributed by atoms with E-state index in [4.69, 9.17) is 29.9 Å². The molecule has 2 amide bonds. The Kier molecular flexibility index (Phi) is 8.77. The van der Waals surface area contributed by atoms with Crippen LogP contribution < -0.4 is 5.32 Å². The van der Waals surface area contributed by atoms with Gasteiger partial charge in [-0.15, -0.1) is 0 Å². The second kappa shape index (κ2) is 11.3. The summed E-state index contributed by atoms with van der Waals surface area (Å²) in [4.78, 5) is 24.2. The topological polar surface area (TPSA) is 86.3 Å². The largest absolute Gasteiger partial charge is 0.352 e. The molecule has 170 valence electrons. The number of nitrogens with zero attached hydrogens (tertiary/aromatic N) is 1. The Balaban J connectivity index is 1.55. The third kappa shape index (κ3) is 6.44. The standard InChI is InChI=1S/C20H25ClFN2O6P/c1-13-8-17(29-19(13)24(5-3-6-25)20(26)23-2)12-28-31-27-7-4-18(30-31)14-9-15(21)11-16(22)10-14/h3,5-6,9-11,13,17-19H,4,7-8,12H2,1-2H3,(H,23,26)/b5-3-. The van der Waals surface area contributed by atoms with E-state index < -0.39 is 20.6 Å². The van der Waals surface area contributed by atoms with Crippen molar-refractivity contribution < 1.29 is 32.3 Å². The van der Waals surface area contributed by atoms with E-state index >= 15 is 0 Å². The first-order chi connectivity index (χ1) is 14.9. The Morgan fingerprint density at radius 3 is 2.97 bits per heavy atom. The molecule has 2 aliphatic rings. The number of rotatable bonds is 7. The number of urea groups is 1. The molecular weight excluding hydrogens is 450 g/mol. The van der Waals surface area contributed by atoms with Gasteiger partial charge < -0.3 is 23.6 Å². The van der Waals surface area contributed by atoms with E-state index in [2.05, 4.69) is 5.32 Å². The number of nitrogens with one attached hydrogen (secondary N) is 1. The number of benzene rings is 1. The molecule has 2 heterocycles. The first-order valence-electron chi connectivity index (χ1n) is 9.87. The van der Waals surface area contributed by atoms with Crippen molar-refractivity contribution in [2.45, 2.75) is 38.2 Å². The number of hydrogen-bond donors (Lipinski definition) is 1. The summed E-state index contributed by atoms with van der Waals surface area (Å²) in [7, 11) is -0.131. The van der Waals surface area contributed by atoms with E-state index in [1.807, 2.05) is 6.92 Å². The van der Waals surface area contributed by atoms with Crippen LogP contribution in [0.2, 0.25) is 5.02 Å². The Hall–Kier alpha value is -1.61. The summed E-state index contributed by atoms with van der Waals surface area (Å²) in [6.45, 7) is 2.58. The third-order valence-electron chi connectivity index (χ3n) is 4.91. The number of hydrogen-bond acceptors (Lipinski definition) is 6. The molecule has 1 N–H and O–H groups in total. The van der Waals surface area contributed by atoms with Crippen LogP contribution in [0.1, 0.15) is 31.4 Å². The summed E-state index contributed by atoms with van der Waals surface area (Å²) in [5.41, 5.74) is 0.637. The molecule has 0 spiro atoms. The van der Waals surface area contributed by atoms with Crippen molar-refractivity contribution in [3.05, 3.63) is 46.9 Å². The summed E-state index contributed by atoms with van der Waals surface area (Å²) in [6.07, 6.45) is 3.25. The highest BCUT2D eigenvalue weighted by atomic mass is 35.5. The number of carbonyl (C=O) groups excluding carboxylic acids is 2. The first kappa shape index (κ1) is 24.0. The fraction of sp³-hybridized carbons (Fsp3) is 0.500. The quantitative estimate of drug-likeness (QED) is 0.360. The fourth-order valence-electron chi connectivity index (χ4n) is 3.51. The minimum absolute atomic E-state index is 0.0188. The lowest BCUT2D eigenvalue weighted by Gasteiger charge is -2.29. The molecule has 8 nitrogen and oxygen atoms in total. The lowest BCUT2D eigenvalue weighted by molar-refractivity contribution is -0.104. The number of allylic oxidation sites excluding steroid dienone is 1. The molecule has 0 aliphatic carbocycles. The minimum Gasteiger partial charge on any atom is -0.352 e. The van der Waals surface area contributed by atoms with Gasteiger partial charge in [0, 0.05) is 30.6 Å². The molecule has 3 rings (SSSR count). The molecule has 0 bridgehead atoms. The number of aldehydes is 1. The SMILES string of the molecule is CNC(=O)N(/C=C\C=O)C1OC(COP2OCCC(c3cc(F)cc(Cl)c3)O2)CC1C. The Labute approximate surface area is 186 Å². The predicted octanol–water partition coefficient (Wildman–Crippen LogP) is 4.31. The predicted molar refractivity (Wildman–Crippen MR) is 113 cm³/mol. The maximum absolute atomic E-state index is 13.7. The first-order valence-corrected chi connectivity index (χ1v) is 11.3. The molecule has 0 saturated carbocycles. The zero-order chi connectivity index (χ0) is 22.4. The minimum atomic E-state index is -1.64. The molecule has 31 heavy (non-hydrogen) atoms. The number of halogens is 2. The summed E-state index contributed by atoms with van der Waals surface area (Å²) in [5, 5.41) is 2.84. The summed E-state index contributed by atoms with van der Waals surface area (Å²) < 4.78 is 36.9. The van der Waals surface area contributed by atoms with Crippen LogP contribution in [0.15, 0.2) is 30.5 Å².